The minimum absolute atomic E-state index is 0.0463. The summed E-state index contributed by atoms with van der Waals surface area (Å²) in [6.07, 6.45) is 1.82. The topological polar surface area (TPSA) is 86.8 Å². The minimum atomic E-state index is -3.79. The van der Waals surface area contributed by atoms with E-state index < -0.39 is 28.5 Å². The van der Waals surface area contributed by atoms with Crippen LogP contribution in [0, 0.1) is 0 Å². The van der Waals surface area contributed by atoms with E-state index in [0.717, 1.165) is 22.5 Å². The van der Waals surface area contributed by atoms with Gasteiger partial charge in [0, 0.05) is 17.6 Å². The Hall–Kier alpha value is -2.58. The molecule has 1 N–H and O–H groups in total. The fraction of sp³-hybridized carbons (Fsp3) is 0.462. The molecular formula is C26H36ClN3O4S. The molecule has 0 spiro atoms. The summed E-state index contributed by atoms with van der Waals surface area (Å²) in [5.74, 6) is -0.765. The smallest absolute Gasteiger partial charge is 0.244 e. The zero-order valence-electron chi connectivity index (χ0n) is 21.3. The number of hydrogen-bond acceptors (Lipinski definition) is 4. The Balaban J connectivity index is 2.47. The summed E-state index contributed by atoms with van der Waals surface area (Å²) < 4.78 is 26.8. The Morgan fingerprint density at radius 2 is 1.60 bits per heavy atom. The largest absolute Gasteiger partial charge is 0.352 e. The molecule has 0 saturated carbocycles. The van der Waals surface area contributed by atoms with Crippen molar-refractivity contribution >= 4 is 39.1 Å². The number of carbonyl (C=O) groups is 2. The van der Waals surface area contributed by atoms with Crippen molar-refractivity contribution in [1.82, 2.24) is 10.2 Å². The zero-order valence-corrected chi connectivity index (χ0v) is 22.9. The number of anilines is 1. The van der Waals surface area contributed by atoms with Crippen molar-refractivity contribution < 1.29 is 18.0 Å². The lowest BCUT2D eigenvalue weighted by Gasteiger charge is -2.33. The van der Waals surface area contributed by atoms with Crippen LogP contribution in [0.5, 0.6) is 0 Å². The summed E-state index contributed by atoms with van der Waals surface area (Å²) in [7, 11) is -3.79. The molecule has 2 aromatic rings. The average Bonchev–Trinajstić information content (AvgIpc) is 2.80. The highest BCUT2D eigenvalue weighted by molar-refractivity contribution is 7.92. The lowest BCUT2D eigenvalue weighted by atomic mass is 10.0. The van der Waals surface area contributed by atoms with Crippen LogP contribution in [-0.4, -0.2) is 50.0 Å². The normalized spacial score (nSPS) is 13.3. The van der Waals surface area contributed by atoms with Gasteiger partial charge in [-0.2, -0.15) is 0 Å². The second kappa shape index (κ2) is 12.4. The molecule has 0 aliphatic rings. The maximum Gasteiger partial charge on any atom is 0.244 e. The fourth-order valence-electron chi connectivity index (χ4n) is 3.66. The molecule has 0 bridgehead atoms. The van der Waals surface area contributed by atoms with E-state index in [-0.39, 0.29) is 24.4 Å². The number of carbonyl (C=O) groups excluding carboxylic acids is 2. The number of benzene rings is 2. The number of sulfonamides is 1. The molecule has 0 aliphatic heterocycles. The third-order valence-electron chi connectivity index (χ3n) is 5.97. The van der Waals surface area contributed by atoms with Crippen LogP contribution in [0.4, 0.5) is 5.69 Å². The molecule has 0 heterocycles. The molecule has 0 saturated heterocycles. The average molecular weight is 522 g/mol. The van der Waals surface area contributed by atoms with Crippen molar-refractivity contribution in [2.24, 2.45) is 0 Å². The standard InChI is InChI=1S/C26H36ClN3O4S/c1-7-19(4)28-26(32)20(5)29(16-21-12-8-10-14-23(21)27)25(31)17-30(35(6,33)34)24-15-11-9-13-22(24)18(2)3/h8-15,18-20H,7,16-17H2,1-6H3,(H,28,32). The zero-order chi connectivity index (χ0) is 26.3. The Morgan fingerprint density at radius 1 is 1.00 bits per heavy atom. The summed E-state index contributed by atoms with van der Waals surface area (Å²) in [5.41, 5.74) is 1.93. The van der Waals surface area contributed by atoms with Crippen molar-refractivity contribution in [3.05, 3.63) is 64.7 Å². The molecule has 0 radical (unpaired) electrons. The van der Waals surface area contributed by atoms with Crippen molar-refractivity contribution in [3.63, 3.8) is 0 Å². The molecular weight excluding hydrogens is 486 g/mol. The van der Waals surface area contributed by atoms with Crippen molar-refractivity contribution in [2.75, 3.05) is 17.1 Å². The molecule has 7 nitrogen and oxygen atoms in total. The van der Waals surface area contributed by atoms with E-state index in [9.17, 15) is 18.0 Å². The molecule has 35 heavy (non-hydrogen) atoms. The van der Waals surface area contributed by atoms with E-state index in [0.29, 0.717) is 16.3 Å². The summed E-state index contributed by atoms with van der Waals surface area (Å²) in [4.78, 5) is 28.0. The molecule has 0 aliphatic carbocycles. The molecule has 0 aromatic heterocycles. The van der Waals surface area contributed by atoms with Gasteiger partial charge in [0.25, 0.3) is 0 Å². The first-order valence-corrected chi connectivity index (χ1v) is 14.0. The van der Waals surface area contributed by atoms with E-state index in [1.54, 1.807) is 43.3 Å². The van der Waals surface area contributed by atoms with Gasteiger partial charge in [-0.05, 0) is 49.4 Å². The molecule has 2 rings (SSSR count). The fourth-order valence-corrected chi connectivity index (χ4v) is 4.72. The second-order valence-electron chi connectivity index (χ2n) is 9.09. The van der Waals surface area contributed by atoms with Gasteiger partial charge >= 0.3 is 0 Å². The first-order chi connectivity index (χ1) is 16.4. The highest BCUT2D eigenvalue weighted by atomic mass is 35.5. The third kappa shape index (κ3) is 7.70. The SMILES string of the molecule is CCC(C)NC(=O)C(C)N(Cc1ccccc1Cl)C(=O)CN(c1ccccc1C(C)C)S(C)(=O)=O. The second-order valence-corrected chi connectivity index (χ2v) is 11.4. The monoisotopic (exact) mass is 521 g/mol. The number of rotatable bonds is 11. The Bertz CT molecular complexity index is 1140. The van der Waals surface area contributed by atoms with E-state index in [1.807, 2.05) is 39.8 Å². The van der Waals surface area contributed by atoms with Crippen LogP contribution in [-0.2, 0) is 26.2 Å². The number of halogens is 1. The minimum Gasteiger partial charge on any atom is -0.352 e. The van der Waals surface area contributed by atoms with Gasteiger partial charge in [0.15, 0.2) is 0 Å². The lowest BCUT2D eigenvalue weighted by Crippen LogP contribution is -2.52. The van der Waals surface area contributed by atoms with Gasteiger partial charge in [-0.25, -0.2) is 8.42 Å². The quantitative estimate of drug-likeness (QED) is 0.469. The van der Waals surface area contributed by atoms with Gasteiger partial charge in [-0.15, -0.1) is 0 Å². The van der Waals surface area contributed by atoms with E-state index in [2.05, 4.69) is 5.32 Å². The number of para-hydroxylation sites is 1. The molecule has 9 heteroatoms. The van der Waals surface area contributed by atoms with Crippen LogP contribution in [0.3, 0.4) is 0 Å². The van der Waals surface area contributed by atoms with Crippen molar-refractivity contribution in [1.29, 1.82) is 0 Å². The number of nitrogens with zero attached hydrogens (tertiary/aromatic N) is 2. The van der Waals surface area contributed by atoms with Crippen LogP contribution in [0.25, 0.3) is 0 Å². The van der Waals surface area contributed by atoms with E-state index >= 15 is 0 Å². The van der Waals surface area contributed by atoms with Crippen LogP contribution < -0.4 is 9.62 Å². The van der Waals surface area contributed by atoms with Gasteiger partial charge in [0.05, 0.1) is 11.9 Å². The molecule has 2 amide bonds. The molecule has 192 valence electrons. The number of amides is 2. The maximum absolute atomic E-state index is 13.7. The summed E-state index contributed by atoms with van der Waals surface area (Å²) >= 11 is 6.35. The Labute approximate surface area is 214 Å². The van der Waals surface area contributed by atoms with Crippen molar-refractivity contribution in [2.45, 2.75) is 65.6 Å². The highest BCUT2D eigenvalue weighted by Crippen LogP contribution is 2.29. The van der Waals surface area contributed by atoms with Gasteiger partial charge in [-0.1, -0.05) is 68.8 Å². The lowest BCUT2D eigenvalue weighted by molar-refractivity contribution is -0.139. The summed E-state index contributed by atoms with van der Waals surface area (Å²) in [6, 6.07) is 13.3. The third-order valence-corrected chi connectivity index (χ3v) is 7.47. The van der Waals surface area contributed by atoms with E-state index in [4.69, 9.17) is 11.6 Å². The summed E-state index contributed by atoms with van der Waals surface area (Å²) in [6.45, 7) is 9.04. The first-order valence-electron chi connectivity index (χ1n) is 11.8. The van der Waals surface area contributed by atoms with E-state index in [1.165, 1.54) is 4.90 Å². The van der Waals surface area contributed by atoms with Crippen LogP contribution in [0.1, 0.15) is 58.1 Å². The summed E-state index contributed by atoms with van der Waals surface area (Å²) in [5, 5.41) is 3.37. The molecule has 2 unspecified atom stereocenters. The Kier molecular flexibility index (Phi) is 10.2. The predicted molar refractivity (Wildman–Crippen MR) is 142 cm³/mol. The van der Waals surface area contributed by atoms with Gasteiger partial charge in [-0.3, -0.25) is 13.9 Å². The Morgan fingerprint density at radius 3 is 2.17 bits per heavy atom. The number of nitrogens with one attached hydrogen (secondary N) is 1. The molecule has 2 atom stereocenters. The van der Waals surface area contributed by atoms with Crippen molar-refractivity contribution in [3.8, 4) is 0 Å². The van der Waals surface area contributed by atoms with Crippen LogP contribution in [0.2, 0.25) is 5.02 Å². The highest BCUT2D eigenvalue weighted by Gasteiger charge is 2.31. The molecule has 0 fully saturated rings. The predicted octanol–water partition coefficient (Wildman–Crippen LogP) is 4.56. The molecule has 2 aromatic carbocycles. The van der Waals surface area contributed by atoms with Gasteiger partial charge in [0.1, 0.15) is 12.6 Å². The van der Waals surface area contributed by atoms with Crippen LogP contribution in [0.15, 0.2) is 48.5 Å². The first kappa shape index (κ1) is 28.7. The van der Waals surface area contributed by atoms with Gasteiger partial charge in [0.2, 0.25) is 21.8 Å². The maximum atomic E-state index is 13.7. The number of hydrogen-bond donors (Lipinski definition) is 1. The van der Waals surface area contributed by atoms with Crippen LogP contribution >= 0.6 is 11.6 Å². The van der Waals surface area contributed by atoms with Gasteiger partial charge < -0.3 is 10.2 Å².